The Balaban J connectivity index is 2.20. The number of aromatic nitrogens is 2. The van der Waals surface area contributed by atoms with Crippen molar-refractivity contribution >= 4 is 12.0 Å². The van der Waals surface area contributed by atoms with Gasteiger partial charge in [-0.1, -0.05) is 6.08 Å². The van der Waals surface area contributed by atoms with Crippen LogP contribution in [-0.2, 0) is 22.5 Å². The van der Waals surface area contributed by atoms with Crippen molar-refractivity contribution in [3.8, 4) is 0 Å². The van der Waals surface area contributed by atoms with Crippen molar-refractivity contribution in [2.45, 2.75) is 19.0 Å². The lowest BCUT2D eigenvalue weighted by Crippen LogP contribution is -2.52. The quantitative estimate of drug-likeness (QED) is 0.603. The van der Waals surface area contributed by atoms with Crippen molar-refractivity contribution in [3.63, 3.8) is 0 Å². The first-order valence-corrected chi connectivity index (χ1v) is 5.91. The number of nitrogens with zero attached hydrogens (tertiary/aromatic N) is 2. The lowest BCUT2D eigenvalue weighted by atomic mass is 10.0. The average molecular weight is 264 g/mol. The van der Waals surface area contributed by atoms with Crippen LogP contribution < -0.4 is 5.32 Å². The summed E-state index contributed by atoms with van der Waals surface area (Å²) < 4.78 is 4.75. The number of H-pyrrole nitrogens is 1. The molecule has 7 heteroatoms. The third kappa shape index (κ3) is 2.59. The largest absolute Gasteiger partial charge is 0.467 e. The molecule has 0 aromatic carbocycles. The standard InChI is InChI=1S/C12H16N4O3/c1-3-4-13-12(18)16-6-9-8(14-7-15-9)5-10(16)11(17)19-2/h3,7,10H,1,4-6H2,2H3,(H,13,18)(H,14,15). The van der Waals surface area contributed by atoms with Crippen molar-refractivity contribution in [1.29, 1.82) is 0 Å². The first-order valence-electron chi connectivity index (χ1n) is 5.91. The van der Waals surface area contributed by atoms with E-state index in [0.29, 0.717) is 19.5 Å². The number of rotatable bonds is 3. The maximum atomic E-state index is 12.0. The highest BCUT2D eigenvalue weighted by atomic mass is 16.5. The SMILES string of the molecule is C=CCNC(=O)N1Cc2[nH]cnc2CC1C(=O)OC. The predicted molar refractivity (Wildman–Crippen MR) is 67.2 cm³/mol. The Kier molecular flexibility index (Phi) is 3.84. The molecule has 1 atom stereocenters. The van der Waals surface area contributed by atoms with Crippen LogP contribution in [0.1, 0.15) is 11.4 Å². The normalized spacial score (nSPS) is 17.5. The molecule has 0 aliphatic carbocycles. The van der Waals surface area contributed by atoms with Gasteiger partial charge in [0.25, 0.3) is 0 Å². The van der Waals surface area contributed by atoms with Crippen LogP contribution in [0.2, 0.25) is 0 Å². The summed E-state index contributed by atoms with van der Waals surface area (Å²) in [6.45, 7) is 4.18. The molecule has 2 heterocycles. The number of amides is 2. The van der Waals surface area contributed by atoms with E-state index in [2.05, 4.69) is 21.9 Å². The summed E-state index contributed by atoms with van der Waals surface area (Å²) >= 11 is 0. The molecule has 1 unspecified atom stereocenters. The van der Waals surface area contributed by atoms with Gasteiger partial charge in [-0.15, -0.1) is 6.58 Å². The molecule has 19 heavy (non-hydrogen) atoms. The zero-order valence-corrected chi connectivity index (χ0v) is 10.7. The minimum atomic E-state index is -0.648. The topological polar surface area (TPSA) is 87.3 Å². The number of fused-ring (bicyclic) bond motifs is 1. The third-order valence-corrected chi connectivity index (χ3v) is 3.03. The Morgan fingerprint density at radius 1 is 1.74 bits per heavy atom. The number of esters is 1. The van der Waals surface area contributed by atoms with Crippen molar-refractivity contribution in [2.24, 2.45) is 0 Å². The van der Waals surface area contributed by atoms with E-state index in [0.717, 1.165) is 11.4 Å². The molecule has 2 rings (SSSR count). The van der Waals surface area contributed by atoms with Crippen molar-refractivity contribution in [1.82, 2.24) is 20.2 Å². The van der Waals surface area contributed by atoms with Crippen LogP contribution in [0, 0.1) is 0 Å². The third-order valence-electron chi connectivity index (χ3n) is 3.03. The molecule has 1 aromatic heterocycles. The number of urea groups is 1. The van der Waals surface area contributed by atoms with Gasteiger partial charge in [0.05, 0.1) is 31.4 Å². The molecule has 1 aliphatic heterocycles. The zero-order valence-electron chi connectivity index (χ0n) is 10.7. The zero-order chi connectivity index (χ0) is 13.8. The molecule has 0 fully saturated rings. The summed E-state index contributed by atoms with van der Waals surface area (Å²) in [5.74, 6) is -0.442. The van der Waals surface area contributed by atoms with Gasteiger partial charge >= 0.3 is 12.0 Å². The summed E-state index contributed by atoms with van der Waals surface area (Å²) in [5.41, 5.74) is 1.64. The van der Waals surface area contributed by atoms with Crippen LogP contribution in [-0.4, -0.2) is 46.6 Å². The summed E-state index contributed by atoms with van der Waals surface area (Å²) in [5, 5.41) is 2.66. The lowest BCUT2D eigenvalue weighted by molar-refractivity contribution is -0.146. The molecule has 0 saturated carbocycles. The predicted octanol–water partition coefficient (Wildman–Crippen LogP) is 0.205. The number of carbonyl (C=O) groups is 2. The lowest BCUT2D eigenvalue weighted by Gasteiger charge is -2.32. The molecule has 7 nitrogen and oxygen atoms in total. The van der Waals surface area contributed by atoms with Gasteiger partial charge in [0.1, 0.15) is 6.04 Å². The Morgan fingerprint density at radius 2 is 2.53 bits per heavy atom. The highest BCUT2D eigenvalue weighted by Gasteiger charge is 2.36. The van der Waals surface area contributed by atoms with E-state index in [4.69, 9.17) is 4.74 Å². The van der Waals surface area contributed by atoms with Crippen LogP contribution in [0.4, 0.5) is 4.79 Å². The van der Waals surface area contributed by atoms with E-state index in [1.807, 2.05) is 0 Å². The van der Waals surface area contributed by atoms with Crippen LogP contribution >= 0.6 is 0 Å². The second-order valence-corrected chi connectivity index (χ2v) is 4.17. The van der Waals surface area contributed by atoms with Gasteiger partial charge in [-0.25, -0.2) is 14.6 Å². The second kappa shape index (κ2) is 5.55. The van der Waals surface area contributed by atoms with E-state index in [-0.39, 0.29) is 6.03 Å². The van der Waals surface area contributed by atoms with Crippen LogP contribution in [0.15, 0.2) is 19.0 Å². The molecular weight excluding hydrogens is 248 g/mol. The van der Waals surface area contributed by atoms with Gasteiger partial charge in [0.15, 0.2) is 0 Å². The van der Waals surface area contributed by atoms with Crippen LogP contribution in [0.5, 0.6) is 0 Å². The molecule has 0 bridgehead atoms. The number of hydrogen-bond acceptors (Lipinski definition) is 4. The second-order valence-electron chi connectivity index (χ2n) is 4.17. The number of ether oxygens (including phenoxy) is 1. The molecule has 102 valence electrons. The first-order chi connectivity index (χ1) is 9.17. The summed E-state index contributed by atoms with van der Waals surface area (Å²) in [4.78, 5) is 32.4. The summed E-state index contributed by atoms with van der Waals surface area (Å²) in [6.07, 6.45) is 3.49. The highest BCUT2D eigenvalue weighted by Crippen LogP contribution is 2.21. The fourth-order valence-corrected chi connectivity index (χ4v) is 2.06. The molecule has 1 aliphatic rings. The fraction of sp³-hybridized carbons (Fsp3) is 0.417. The van der Waals surface area contributed by atoms with Crippen LogP contribution in [0.3, 0.4) is 0 Å². The number of carbonyl (C=O) groups excluding carboxylic acids is 2. The minimum Gasteiger partial charge on any atom is -0.467 e. The monoisotopic (exact) mass is 264 g/mol. The van der Waals surface area contributed by atoms with Gasteiger partial charge in [-0.05, 0) is 0 Å². The van der Waals surface area contributed by atoms with Crippen LogP contribution in [0.25, 0.3) is 0 Å². The Bertz CT molecular complexity index is 497. The summed E-state index contributed by atoms with van der Waals surface area (Å²) in [6, 6.07) is -0.971. The molecular formula is C12H16N4O3. The van der Waals surface area contributed by atoms with Gasteiger partial charge < -0.3 is 19.9 Å². The Morgan fingerprint density at radius 3 is 3.21 bits per heavy atom. The number of hydrogen-bond donors (Lipinski definition) is 2. The Labute approximate surface area is 110 Å². The van der Waals surface area contributed by atoms with E-state index in [1.54, 1.807) is 12.4 Å². The first kappa shape index (κ1) is 13.1. The number of aromatic amines is 1. The number of imidazole rings is 1. The number of methoxy groups -OCH3 is 1. The molecule has 2 N–H and O–H groups in total. The van der Waals surface area contributed by atoms with Gasteiger partial charge in [0, 0.05) is 13.0 Å². The molecule has 0 radical (unpaired) electrons. The molecule has 0 saturated heterocycles. The van der Waals surface area contributed by atoms with E-state index < -0.39 is 12.0 Å². The van der Waals surface area contributed by atoms with Crippen molar-refractivity contribution in [3.05, 3.63) is 30.4 Å². The molecule has 2 amide bonds. The smallest absolute Gasteiger partial charge is 0.329 e. The van der Waals surface area contributed by atoms with Crippen molar-refractivity contribution < 1.29 is 14.3 Å². The highest BCUT2D eigenvalue weighted by molar-refractivity contribution is 5.84. The molecule has 0 spiro atoms. The van der Waals surface area contributed by atoms with E-state index in [1.165, 1.54) is 12.0 Å². The van der Waals surface area contributed by atoms with E-state index in [9.17, 15) is 9.59 Å². The van der Waals surface area contributed by atoms with Gasteiger partial charge in [-0.2, -0.15) is 0 Å². The summed E-state index contributed by atoms with van der Waals surface area (Å²) in [7, 11) is 1.31. The maximum Gasteiger partial charge on any atom is 0.329 e. The minimum absolute atomic E-state index is 0.304. The molecule has 1 aromatic rings. The fourth-order valence-electron chi connectivity index (χ4n) is 2.06. The number of nitrogens with one attached hydrogen (secondary N) is 2. The van der Waals surface area contributed by atoms with Crippen molar-refractivity contribution in [2.75, 3.05) is 13.7 Å². The van der Waals surface area contributed by atoms with Gasteiger partial charge in [0.2, 0.25) is 0 Å². The van der Waals surface area contributed by atoms with E-state index >= 15 is 0 Å². The van der Waals surface area contributed by atoms with Gasteiger partial charge in [-0.3, -0.25) is 0 Å². The Hall–Kier alpha value is -2.31. The average Bonchev–Trinajstić information content (AvgIpc) is 2.89. The maximum absolute atomic E-state index is 12.0.